The molecule has 2 heterocycles. The minimum Gasteiger partial charge on any atom is -0.390 e. The van der Waals surface area contributed by atoms with E-state index in [9.17, 15) is 5.11 Å². The lowest BCUT2D eigenvalue weighted by Crippen LogP contribution is -2.38. The topological polar surface area (TPSA) is 37.2 Å². The van der Waals surface area contributed by atoms with Gasteiger partial charge in [0.25, 0.3) is 0 Å². The quantitative estimate of drug-likeness (QED) is 0.879. The lowest BCUT2D eigenvalue weighted by atomic mass is 9.88. The molecule has 4 heteroatoms. The summed E-state index contributed by atoms with van der Waals surface area (Å²) in [4.78, 5) is 0. The molecule has 0 bridgehead atoms. The number of halogens is 1. The van der Waals surface area contributed by atoms with Crippen LogP contribution in [0.25, 0.3) is 10.9 Å². The molecule has 0 amide bonds. The number of fused-ring (bicyclic) bond motifs is 3. The first-order chi connectivity index (χ1) is 11.9. The first-order valence-corrected chi connectivity index (χ1v) is 9.60. The molecule has 136 valence electrons. The smallest absolute Gasteiger partial charge is 0.128 e. The first kappa shape index (κ1) is 17.0. The zero-order chi connectivity index (χ0) is 17.7. The van der Waals surface area contributed by atoms with Crippen LogP contribution in [0.1, 0.15) is 55.8 Å². The van der Waals surface area contributed by atoms with E-state index in [2.05, 4.69) is 35.0 Å². The normalized spacial score (nSPS) is 22.1. The van der Waals surface area contributed by atoms with Gasteiger partial charge in [0.05, 0.1) is 12.1 Å². The van der Waals surface area contributed by atoms with E-state index in [0.717, 1.165) is 50.7 Å². The standard InChI is InChI=1S/C21H29FN2O/c1-15-5-6-18-16(11-15)17-12-23-10-7-19(17)24(18)14-20(2,22)13-21(25)8-3-4-9-21/h5-6,11,23,25H,3-4,7-10,12-14H2,1-2H3. The maximum absolute atomic E-state index is 15.5. The van der Waals surface area contributed by atoms with Crippen molar-refractivity contribution in [1.29, 1.82) is 0 Å². The molecule has 4 rings (SSSR count). The number of nitrogens with one attached hydrogen (secondary N) is 1. The third kappa shape index (κ3) is 3.22. The minimum absolute atomic E-state index is 0.235. The van der Waals surface area contributed by atoms with Crippen molar-refractivity contribution in [2.75, 3.05) is 6.54 Å². The van der Waals surface area contributed by atoms with E-state index in [1.807, 2.05) is 0 Å². The van der Waals surface area contributed by atoms with Crippen molar-refractivity contribution in [2.24, 2.45) is 0 Å². The summed E-state index contributed by atoms with van der Waals surface area (Å²) in [6.07, 6.45) is 4.67. The van der Waals surface area contributed by atoms with Crippen LogP contribution in [0.2, 0.25) is 0 Å². The Bertz CT molecular complexity index is 787. The second-order valence-electron chi connectivity index (χ2n) is 8.48. The van der Waals surface area contributed by atoms with E-state index in [1.54, 1.807) is 6.92 Å². The molecule has 0 radical (unpaired) electrons. The van der Waals surface area contributed by atoms with Gasteiger partial charge in [0.2, 0.25) is 0 Å². The number of hydrogen-bond donors (Lipinski definition) is 2. The number of aliphatic hydroxyl groups is 1. The van der Waals surface area contributed by atoms with Crippen LogP contribution >= 0.6 is 0 Å². The van der Waals surface area contributed by atoms with Crippen molar-refractivity contribution in [1.82, 2.24) is 9.88 Å². The van der Waals surface area contributed by atoms with Crippen molar-refractivity contribution >= 4 is 10.9 Å². The van der Waals surface area contributed by atoms with Crippen LogP contribution in [-0.2, 0) is 19.5 Å². The Hall–Kier alpha value is -1.39. The number of aryl methyl sites for hydroxylation is 1. The molecule has 2 N–H and O–H groups in total. The second-order valence-corrected chi connectivity index (χ2v) is 8.48. The predicted molar refractivity (Wildman–Crippen MR) is 99.6 cm³/mol. The molecule has 1 aromatic carbocycles. The van der Waals surface area contributed by atoms with Gasteiger partial charge in [-0.25, -0.2) is 4.39 Å². The maximum Gasteiger partial charge on any atom is 0.128 e. The number of alkyl halides is 1. The molecule has 2 aromatic rings. The Morgan fingerprint density at radius 2 is 2.08 bits per heavy atom. The highest BCUT2D eigenvalue weighted by molar-refractivity contribution is 5.86. The van der Waals surface area contributed by atoms with Crippen LogP contribution in [0.15, 0.2) is 18.2 Å². The van der Waals surface area contributed by atoms with Crippen LogP contribution in [0, 0.1) is 6.92 Å². The fourth-order valence-electron chi connectivity index (χ4n) is 4.96. The lowest BCUT2D eigenvalue weighted by molar-refractivity contribution is -0.0190. The average Bonchev–Trinajstić information content (AvgIpc) is 3.09. The van der Waals surface area contributed by atoms with Gasteiger partial charge in [-0.1, -0.05) is 24.5 Å². The Kier molecular flexibility index (Phi) is 4.16. The van der Waals surface area contributed by atoms with Crippen LogP contribution < -0.4 is 5.32 Å². The fourth-order valence-corrected chi connectivity index (χ4v) is 4.96. The summed E-state index contributed by atoms with van der Waals surface area (Å²) in [6.45, 7) is 5.89. The van der Waals surface area contributed by atoms with Crippen molar-refractivity contribution < 1.29 is 9.50 Å². The van der Waals surface area contributed by atoms with Crippen molar-refractivity contribution in [2.45, 2.75) is 76.7 Å². The highest BCUT2D eigenvalue weighted by Gasteiger charge is 2.40. The van der Waals surface area contributed by atoms with Crippen molar-refractivity contribution in [3.8, 4) is 0 Å². The van der Waals surface area contributed by atoms with Gasteiger partial charge in [0, 0.05) is 42.5 Å². The summed E-state index contributed by atoms with van der Waals surface area (Å²) in [5, 5.41) is 15.4. The Morgan fingerprint density at radius 3 is 2.84 bits per heavy atom. The molecular weight excluding hydrogens is 315 g/mol. The molecule has 1 saturated carbocycles. The number of nitrogens with zero attached hydrogens (tertiary/aromatic N) is 1. The maximum atomic E-state index is 15.5. The van der Waals surface area contributed by atoms with E-state index < -0.39 is 11.3 Å². The number of benzene rings is 1. The third-order valence-electron chi connectivity index (χ3n) is 6.00. The van der Waals surface area contributed by atoms with E-state index in [-0.39, 0.29) is 6.42 Å². The molecule has 0 saturated heterocycles. The summed E-state index contributed by atoms with van der Waals surface area (Å²) >= 11 is 0. The molecule has 1 atom stereocenters. The molecule has 1 fully saturated rings. The van der Waals surface area contributed by atoms with E-state index in [0.29, 0.717) is 6.54 Å². The number of hydrogen-bond acceptors (Lipinski definition) is 2. The Morgan fingerprint density at radius 1 is 1.32 bits per heavy atom. The van der Waals surface area contributed by atoms with Crippen LogP contribution in [0.4, 0.5) is 4.39 Å². The van der Waals surface area contributed by atoms with Gasteiger partial charge in [-0.15, -0.1) is 0 Å². The van der Waals surface area contributed by atoms with Crippen LogP contribution in [0.3, 0.4) is 0 Å². The van der Waals surface area contributed by atoms with E-state index in [1.165, 1.54) is 22.2 Å². The fraction of sp³-hybridized carbons (Fsp3) is 0.619. The zero-order valence-electron chi connectivity index (χ0n) is 15.4. The van der Waals surface area contributed by atoms with Gasteiger partial charge in [-0.2, -0.15) is 0 Å². The molecule has 2 aliphatic rings. The number of rotatable bonds is 4. The van der Waals surface area contributed by atoms with E-state index >= 15 is 4.39 Å². The van der Waals surface area contributed by atoms with Crippen LogP contribution in [0.5, 0.6) is 0 Å². The summed E-state index contributed by atoms with van der Waals surface area (Å²) < 4.78 is 17.7. The SMILES string of the molecule is Cc1ccc2c(c1)c1c(n2CC(C)(F)CC2(O)CCCC2)CCNC1. The molecule has 1 aliphatic heterocycles. The van der Waals surface area contributed by atoms with Gasteiger partial charge in [-0.3, -0.25) is 0 Å². The summed E-state index contributed by atoms with van der Waals surface area (Å²) in [5.41, 5.74) is 2.73. The molecule has 25 heavy (non-hydrogen) atoms. The highest BCUT2D eigenvalue weighted by atomic mass is 19.1. The first-order valence-electron chi connectivity index (χ1n) is 9.60. The predicted octanol–water partition coefficient (Wildman–Crippen LogP) is 4.02. The van der Waals surface area contributed by atoms with Gasteiger partial charge < -0.3 is 15.0 Å². The molecule has 1 aromatic heterocycles. The highest BCUT2D eigenvalue weighted by Crippen LogP contribution is 2.39. The molecule has 0 spiro atoms. The van der Waals surface area contributed by atoms with Gasteiger partial charge in [-0.05, 0) is 44.4 Å². The minimum atomic E-state index is -1.41. The van der Waals surface area contributed by atoms with Gasteiger partial charge in [0.15, 0.2) is 0 Å². The summed E-state index contributed by atoms with van der Waals surface area (Å²) in [7, 11) is 0. The number of aromatic nitrogens is 1. The van der Waals surface area contributed by atoms with Gasteiger partial charge in [0.1, 0.15) is 5.67 Å². The molecular formula is C21H29FN2O. The summed E-state index contributed by atoms with van der Waals surface area (Å²) in [5.74, 6) is 0. The average molecular weight is 344 g/mol. The largest absolute Gasteiger partial charge is 0.390 e. The monoisotopic (exact) mass is 344 g/mol. The third-order valence-corrected chi connectivity index (χ3v) is 6.00. The Labute approximate surface area is 149 Å². The zero-order valence-corrected chi connectivity index (χ0v) is 15.4. The molecule has 3 nitrogen and oxygen atoms in total. The van der Waals surface area contributed by atoms with Crippen molar-refractivity contribution in [3.63, 3.8) is 0 Å². The second kappa shape index (κ2) is 6.10. The Balaban J connectivity index is 1.71. The van der Waals surface area contributed by atoms with Crippen molar-refractivity contribution in [3.05, 3.63) is 35.0 Å². The molecule has 1 unspecified atom stereocenters. The summed E-state index contributed by atoms with van der Waals surface area (Å²) in [6, 6.07) is 6.46. The van der Waals surface area contributed by atoms with E-state index in [4.69, 9.17) is 0 Å². The molecule has 1 aliphatic carbocycles. The lowest BCUT2D eigenvalue weighted by Gasteiger charge is -2.32. The van der Waals surface area contributed by atoms with Gasteiger partial charge >= 0.3 is 0 Å². The van der Waals surface area contributed by atoms with Crippen LogP contribution in [-0.4, -0.2) is 27.5 Å².